The van der Waals surface area contributed by atoms with E-state index < -0.39 is 11.9 Å². The number of hydrogen-bond acceptors (Lipinski definition) is 8. The van der Waals surface area contributed by atoms with Crippen molar-refractivity contribution in [3.8, 4) is 23.0 Å². The Hall–Kier alpha value is -4.85. The van der Waals surface area contributed by atoms with E-state index in [4.69, 9.17) is 23.4 Å². The standard InChI is InChI=1S/C28H16O8/c29-24-11-17(18-12-32-19-4-2-1-3-15(19)26(18)30)25-21(35-24)8-6-16-27(31)23(36-28(16)25)10-14-5-7-20-22(9-14)34-13-33-20/h1-10,12,17H,11,13H2/b23-10-. The van der Waals surface area contributed by atoms with E-state index in [-0.39, 0.29) is 41.7 Å². The minimum Gasteiger partial charge on any atom is -0.464 e. The first-order valence-corrected chi connectivity index (χ1v) is 11.3. The minimum atomic E-state index is -0.699. The molecule has 0 bridgehead atoms. The summed E-state index contributed by atoms with van der Waals surface area (Å²) >= 11 is 0. The van der Waals surface area contributed by atoms with Crippen LogP contribution < -0.4 is 24.4 Å². The molecule has 8 nitrogen and oxygen atoms in total. The second-order valence-electron chi connectivity index (χ2n) is 8.65. The lowest BCUT2D eigenvalue weighted by atomic mass is 9.85. The van der Waals surface area contributed by atoms with Crippen LogP contribution in [0.4, 0.5) is 0 Å². The third kappa shape index (κ3) is 3.04. The molecule has 0 saturated carbocycles. The molecular formula is C28H16O8. The Balaban J connectivity index is 1.35. The zero-order valence-electron chi connectivity index (χ0n) is 18.6. The van der Waals surface area contributed by atoms with Crippen LogP contribution in [0.25, 0.3) is 17.0 Å². The summed E-state index contributed by atoms with van der Waals surface area (Å²) in [5, 5.41) is 0.406. The van der Waals surface area contributed by atoms with Gasteiger partial charge in [-0.1, -0.05) is 18.2 Å². The highest BCUT2D eigenvalue weighted by Gasteiger charge is 2.39. The highest BCUT2D eigenvalue weighted by atomic mass is 16.7. The zero-order chi connectivity index (χ0) is 24.4. The van der Waals surface area contributed by atoms with Gasteiger partial charge in [0.15, 0.2) is 22.7 Å². The highest BCUT2D eigenvalue weighted by Crippen LogP contribution is 2.48. The van der Waals surface area contributed by atoms with Crippen LogP contribution in [0, 0.1) is 0 Å². The SMILES string of the molecule is O=C1CC(c2coc3ccccc3c2=O)c2c(ccc3c2O/C(=C\c2ccc4c(c2)OCO4)C3=O)O1. The summed E-state index contributed by atoms with van der Waals surface area (Å²) in [5.41, 5.74) is 1.99. The first kappa shape index (κ1) is 20.5. The molecule has 8 heteroatoms. The predicted molar refractivity (Wildman–Crippen MR) is 127 cm³/mol. The number of fused-ring (bicyclic) bond motifs is 5. The van der Waals surface area contributed by atoms with E-state index >= 15 is 0 Å². The molecule has 3 aliphatic heterocycles. The number of allylic oxidation sites excluding steroid dienone is 1. The molecule has 3 aliphatic rings. The summed E-state index contributed by atoms with van der Waals surface area (Å²) in [6.07, 6.45) is 2.90. The van der Waals surface area contributed by atoms with Gasteiger partial charge < -0.3 is 23.4 Å². The fraction of sp³-hybridized carbons (Fsp3) is 0.107. The van der Waals surface area contributed by atoms with Crippen molar-refractivity contribution < 1.29 is 33.0 Å². The van der Waals surface area contributed by atoms with E-state index in [0.29, 0.717) is 44.7 Å². The Kier molecular flexibility index (Phi) is 4.32. The molecule has 0 amide bonds. The van der Waals surface area contributed by atoms with Crippen LogP contribution in [0.15, 0.2) is 75.8 Å². The Morgan fingerprint density at radius 1 is 0.861 bits per heavy atom. The zero-order valence-corrected chi connectivity index (χ0v) is 18.6. The molecule has 0 radical (unpaired) electrons. The van der Waals surface area contributed by atoms with Crippen molar-refractivity contribution in [3.05, 3.63) is 99.1 Å². The topological polar surface area (TPSA) is 101 Å². The van der Waals surface area contributed by atoms with E-state index in [1.54, 1.807) is 60.7 Å². The van der Waals surface area contributed by atoms with Crippen LogP contribution in [-0.2, 0) is 4.79 Å². The van der Waals surface area contributed by atoms with E-state index in [9.17, 15) is 14.4 Å². The number of carbonyl (C=O) groups excluding carboxylic acids is 2. The summed E-state index contributed by atoms with van der Waals surface area (Å²) in [4.78, 5) is 39.0. The number of ketones is 1. The molecule has 0 aliphatic carbocycles. The molecule has 4 heterocycles. The van der Waals surface area contributed by atoms with Gasteiger partial charge in [-0.15, -0.1) is 0 Å². The number of para-hydroxylation sites is 1. The summed E-state index contributed by atoms with van der Waals surface area (Å²) in [7, 11) is 0. The number of rotatable bonds is 2. The van der Waals surface area contributed by atoms with E-state index in [1.165, 1.54) is 6.26 Å². The predicted octanol–water partition coefficient (Wildman–Crippen LogP) is 4.58. The van der Waals surface area contributed by atoms with E-state index in [1.807, 2.05) is 0 Å². The summed E-state index contributed by atoms with van der Waals surface area (Å²) < 4.78 is 28.0. The van der Waals surface area contributed by atoms with Gasteiger partial charge in [0, 0.05) is 17.0 Å². The monoisotopic (exact) mass is 480 g/mol. The minimum absolute atomic E-state index is 0.0920. The normalized spacial score (nSPS) is 18.7. The van der Waals surface area contributed by atoms with Crippen LogP contribution in [0.3, 0.4) is 0 Å². The van der Waals surface area contributed by atoms with E-state index in [2.05, 4.69) is 0 Å². The van der Waals surface area contributed by atoms with Gasteiger partial charge in [-0.05, 0) is 48.0 Å². The molecule has 176 valence electrons. The molecule has 0 N–H and O–H groups in total. The van der Waals surface area contributed by atoms with Crippen LogP contribution >= 0.6 is 0 Å². The molecule has 0 saturated heterocycles. The van der Waals surface area contributed by atoms with Crippen molar-refractivity contribution in [1.82, 2.24) is 0 Å². The maximum absolute atomic E-state index is 13.4. The molecule has 4 aromatic rings. The maximum Gasteiger partial charge on any atom is 0.312 e. The largest absolute Gasteiger partial charge is 0.464 e. The lowest BCUT2D eigenvalue weighted by Gasteiger charge is -2.25. The van der Waals surface area contributed by atoms with Crippen molar-refractivity contribution in [3.63, 3.8) is 0 Å². The molecule has 1 unspecified atom stereocenters. The second-order valence-corrected chi connectivity index (χ2v) is 8.65. The molecule has 0 fully saturated rings. The van der Waals surface area contributed by atoms with Gasteiger partial charge in [0.2, 0.25) is 12.6 Å². The molecule has 1 atom stereocenters. The fourth-order valence-electron chi connectivity index (χ4n) is 4.86. The van der Waals surface area contributed by atoms with Gasteiger partial charge in [-0.3, -0.25) is 14.4 Å². The summed E-state index contributed by atoms with van der Waals surface area (Å²) in [5.74, 6) is 0.348. The number of esters is 1. The smallest absolute Gasteiger partial charge is 0.312 e. The molecule has 0 spiro atoms. The summed E-state index contributed by atoms with van der Waals surface area (Å²) in [6.45, 7) is 0.144. The Bertz CT molecular complexity index is 1710. The van der Waals surface area contributed by atoms with Gasteiger partial charge in [-0.25, -0.2) is 0 Å². The van der Waals surface area contributed by atoms with Crippen molar-refractivity contribution >= 4 is 28.8 Å². The fourth-order valence-corrected chi connectivity index (χ4v) is 4.86. The van der Waals surface area contributed by atoms with Crippen LogP contribution in [0.2, 0.25) is 0 Å². The van der Waals surface area contributed by atoms with Gasteiger partial charge in [0.05, 0.1) is 23.6 Å². The number of hydrogen-bond donors (Lipinski definition) is 0. The van der Waals surface area contributed by atoms with Gasteiger partial charge in [-0.2, -0.15) is 0 Å². The molecule has 1 aromatic heterocycles. The van der Waals surface area contributed by atoms with Crippen molar-refractivity contribution in [1.29, 1.82) is 0 Å². The number of benzene rings is 3. The first-order valence-electron chi connectivity index (χ1n) is 11.3. The summed E-state index contributed by atoms with van der Waals surface area (Å²) in [6, 6.07) is 15.3. The average Bonchev–Trinajstić information content (AvgIpc) is 3.48. The van der Waals surface area contributed by atoms with E-state index in [0.717, 1.165) is 0 Å². The second kappa shape index (κ2) is 7.58. The molecule has 36 heavy (non-hydrogen) atoms. The average molecular weight is 480 g/mol. The number of ether oxygens (including phenoxy) is 4. The van der Waals surface area contributed by atoms with Gasteiger partial charge in [0.25, 0.3) is 0 Å². The number of Topliss-reactive ketones (excluding diaryl/α,β-unsaturated/α-hetero) is 1. The Morgan fingerprint density at radius 2 is 1.69 bits per heavy atom. The lowest BCUT2D eigenvalue weighted by Crippen LogP contribution is -2.25. The quantitative estimate of drug-likeness (QED) is 0.234. The van der Waals surface area contributed by atoms with Crippen LogP contribution in [-0.4, -0.2) is 18.5 Å². The molecular weight excluding hydrogens is 464 g/mol. The Morgan fingerprint density at radius 3 is 2.61 bits per heavy atom. The van der Waals surface area contributed by atoms with Crippen molar-refractivity contribution in [2.24, 2.45) is 0 Å². The highest BCUT2D eigenvalue weighted by molar-refractivity contribution is 6.15. The van der Waals surface area contributed by atoms with Gasteiger partial charge >= 0.3 is 5.97 Å². The third-order valence-electron chi connectivity index (χ3n) is 6.56. The first-order chi connectivity index (χ1) is 17.6. The lowest BCUT2D eigenvalue weighted by molar-refractivity contribution is -0.135. The van der Waals surface area contributed by atoms with Crippen molar-refractivity contribution in [2.75, 3.05) is 6.79 Å². The van der Waals surface area contributed by atoms with Crippen LogP contribution in [0.5, 0.6) is 23.0 Å². The Labute approximate surface area is 203 Å². The molecule has 7 rings (SSSR count). The molecule has 3 aromatic carbocycles. The van der Waals surface area contributed by atoms with Crippen LogP contribution in [0.1, 0.15) is 39.4 Å². The maximum atomic E-state index is 13.4. The van der Waals surface area contributed by atoms with Crippen molar-refractivity contribution in [2.45, 2.75) is 12.3 Å². The number of carbonyl (C=O) groups is 2. The third-order valence-corrected chi connectivity index (χ3v) is 6.56. The van der Waals surface area contributed by atoms with Gasteiger partial charge in [0.1, 0.15) is 17.1 Å².